The minimum atomic E-state index is 0.861. The lowest BCUT2D eigenvalue weighted by molar-refractivity contribution is 0.669. The molecule has 0 spiro atoms. The molecule has 0 aliphatic rings. The molecule has 2 heteroatoms. The van der Waals surface area contributed by atoms with Crippen LogP contribution in [0, 0.1) is 27.7 Å². The van der Waals surface area contributed by atoms with Gasteiger partial charge in [-0.3, -0.25) is 0 Å². The van der Waals surface area contributed by atoms with Crippen LogP contribution in [-0.4, -0.2) is 0 Å². The number of hydrogen-bond donors (Lipinski definition) is 0. The first-order valence-electron chi connectivity index (χ1n) is 36.6. The van der Waals surface area contributed by atoms with Crippen LogP contribution in [-0.2, 0) is 12.8 Å². The summed E-state index contributed by atoms with van der Waals surface area (Å²) in [5.74, 6) is 0. The molecule has 0 amide bonds. The minimum absolute atomic E-state index is 0.861. The molecular formula is C98H100O2. The van der Waals surface area contributed by atoms with E-state index in [2.05, 4.69) is 319 Å². The largest absolute Gasteiger partial charge is 0.456 e. The van der Waals surface area contributed by atoms with Crippen LogP contribution in [0.25, 0.3) is 130 Å². The van der Waals surface area contributed by atoms with E-state index in [1.165, 1.54) is 152 Å². The van der Waals surface area contributed by atoms with Gasteiger partial charge in [0.2, 0.25) is 0 Å². The standard InChI is InChI=1S/2C33H24O.2C10H8.6C2H6/c1-20-18-22-10-3-4-14-26(22)33-31(20)32-23(11-9-17-30(32)34-33)19-29-27-15-7-5-12-24(27)21(2)25-13-6-8-16-28(25)29;1-20-25-13-5-7-15-27(25)29(28-16-8-6-14-26(20)28)18-23-11-9-17-30-33(23)32-21(2)24-12-4-3-10-22(24)19-31(32)34-30;2*1-2-6-10-8-4-3-7-9(10)5-1;6*1-2/h3-18H,19H2,1-2H3;3-17,19H,18H2,1-2H3;2*1-8H;6*1-2H3. The Kier molecular flexibility index (Phi) is 26.2. The molecule has 0 aliphatic carbocycles. The Hall–Kier alpha value is -10.8. The smallest absolute Gasteiger partial charge is 0.143 e. The van der Waals surface area contributed by atoms with Gasteiger partial charge in [0.1, 0.15) is 22.3 Å². The van der Waals surface area contributed by atoms with Crippen LogP contribution in [0.15, 0.2) is 300 Å². The van der Waals surface area contributed by atoms with Crippen molar-refractivity contribution in [3.05, 3.63) is 336 Å². The average molecular weight is 1310 g/mol. The van der Waals surface area contributed by atoms with E-state index in [1.807, 2.05) is 83.1 Å². The lowest BCUT2D eigenvalue weighted by Crippen LogP contribution is -1.95. The number of rotatable bonds is 4. The van der Waals surface area contributed by atoms with Crippen LogP contribution in [0.4, 0.5) is 0 Å². The predicted octanol–water partition coefficient (Wildman–Crippen LogP) is 30.3. The number of fused-ring (bicyclic) bond motifs is 15. The third kappa shape index (κ3) is 15.1. The van der Waals surface area contributed by atoms with Gasteiger partial charge in [0, 0.05) is 26.9 Å². The van der Waals surface area contributed by atoms with Gasteiger partial charge in [0.15, 0.2) is 0 Å². The van der Waals surface area contributed by atoms with Crippen molar-refractivity contribution in [3.63, 3.8) is 0 Å². The Morgan fingerprint density at radius 1 is 0.210 bits per heavy atom. The zero-order valence-electron chi connectivity index (χ0n) is 61.9. The second-order valence-electron chi connectivity index (χ2n) is 23.4. The molecule has 0 bridgehead atoms. The summed E-state index contributed by atoms with van der Waals surface area (Å²) >= 11 is 0. The molecule has 0 saturated heterocycles. The molecule has 2 heterocycles. The van der Waals surface area contributed by atoms with Crippen LogP contribution in [0.3, 0.4) is 0 Å². The van der Waals surface area contributed by atoms with Crippen molar-refractivity contribution in [1.82, 2.24) is 0 Å². The van der Waals surface area contributed by atoms with Gasteiger partial charge in [-0.15, -0.1) is 0 Å². The van der Waals surface area contributed by atoms with Crippen molar-refractivity contribution in [2.24, 2.45) is 0 Å². The highest BCUT2D eigenvalue weighted by Gasteiger charge is 2.21. The zero-order valence-corrected chi connectivity index (χ0v) is 61.9. The van der Waals surface area contributed by atoms with Crippen LogP contribution >= 0.6 is 0 Å². The lowest BCUT2D eigenvalue weighted by atomic mass is 9.88. The fourth-order valence-corrected chi connectivity index (χ4v) is 14.1. The number of hydrogen-bond acceptors (Lipinski definition) is 2. The Morgan fingerprint density at radius 3 is 0.850 bits per heavy atom. The molecule has 100 heavy (non-hydrogen) atoms. The number of furan rings is 2. The molecule has 18 rings (SSSR count). The normalized spacial score (nSPS) is 10.5. The third-order valence-electron chi connectivity index (χ3n) is 18.3. The van der Waals surface area contributed by atoms with Gasteiger partial charge < -0.3 is 8.83 Å². The summed E-state index contributed by atoms with van der Waals surface area (Å²) < 4.78 is 12.9. The van der Waals surface area contributed by atoms with E-state index in [4.69, 9.17) is 8.83 Å². The summed E-state index contributed by atoms with van der Waals surface area (Å²) in [7, 11) is 0. The summed E-state index contributed by atoms with van der Waals surface area (Å²) in [4.78, 5) is 0. The average Bonchev–Trinajstić information content (AvgIpc) is 1.50. The topological polar surface area (TPSA) is 26.3 Å². The minimum Gasteiger partial charge on any atom is -0.456 e. The summed E-state index contributed by atoms with van der Waals surface area (Å²) in [5.41, 5.74) is 14.6. The van der Waals surface area contributed by atoms with Crippen molar-refractivity contribution in [2.75, 3.05) is 0 Å². The predicted molar refractivity (Wildman–Crippen MR) is 446 cm³/mol. The lowest BCUT2D eigenvalue weighted by Gasteiger charge is -2.15. The van der Waals surface area contributed by atoms with Crippen LogP contribution in [0.2, 0.25) is 0 Å². The molecule has 18 aromatic rings. The molecule has 0 fully saturated rings. The van der Waals surface area contributed by atoms with Gasteiger partial charge in [0.05, 0.1) is 0 Å². The van der Waals surface area contributed by atoms with E-state index in [0.717, 1.165) is 35.2 Å². The van der Waals surface area contributed by atoms with Gasteiger partial charge in [-0.1, -0.05) is 356 Å². The Bertz CT molecular complexity index is 5230. The van der Waals surface area contributed by atoms with Crippen molar-refractivity contribution >= 4 is 130 Å². The van der Waals surface area contributed by atoms with Gasteiger partial charge in [-0.05, 0) is 184 Å². The van der Waals surface area contributed by atoms with Gasteiger partial charge in [-0.2, -0.15) is 0 Å². The molecule has 0 N–H and O–H groups in total. The molecule has 504 valence electrons. The summed E-state index contributed by atoms with van der Waals surface area (Å²) in [6.07, 6.45) is 1.72. The Labute approximate surface area is 594 Å². The maximum absolute atomic E-state index is 6.52. The summed E-state index contributed by atoms with van der Waals surface area (Å²) in [6.45, 7) is 32.9. The monoisotopic (exact) mass is 1310 g/mol. The van der Waals surface area contributed by atoms with Gasteiger partial charge in [0.25, 0.3) is 0 Å². The highest BCUT2D eigenvalue weighted by Crippen LogP contribution is 2.43. The van der Waals surface area contributed by atoms with Gasteiger partial charge in [-0.25, -0.2) is 0 Å². The summed E-state index contributed by atoms with van der Waals surface area (Å²) in [6, 6.07) is 103. The maximum Gasteiger partial charge on any atom is 0.143 e. The molecule has 0 aliphatic heterocycles. The molecule has 0 unspecified atom stereocenters. The quantitative estimate of drug-likeness (QED) is 0.164. The first kappa shape index (κ1) is 73.4. The van der Waals surface area contributed by atoms with Crippen molar-refractivity contribution in [3.8, 4) is 0 Å². The van der Waals surface area contributed by atoms with Crippen LogP contribution in [0.1, 0.15) is 128 Å². The first-order valence-corrected chi connectivity index (χ1v) is 36.6. The second-order valence-corrected chi connectivity index (χ2v) is 23.4. The van der Waals surface area contributed by atoms with Gasteiger partial charge >= 0.3 is 0 Å². The van der Waals surface area contributed by atoms with Crippen LogP contribution in [0.5, 0.6) is 0 Å². The van der Waals surface area contributed by atoms with E-state index in [0.29, 0.717) is 0 Å². The van der Waals surface area contributed by atoms with E-state index in [1.54, 1.807) is 0 Å². The molecule has 0 radical (unpaired) electrons. The fourth-order valence-electron chi connectivity index (χ4n) is 14.1. The molecule has 0 atom stereocenters. The highest BCUT2D eigenvalue weighted by atomic mass is 16.3. The fraction of sp³-hybridized carbons (Fsp3) is 0.184. The van der Waals surface area contributed by atoms with E-state index >= 15 is 0 Å². The second kappa shape index (κ2) is 35.6. The summed E-state index contributed by atoms with van der Waals surface area (Å²) in [5, 5.41) is 25.8. The molecule has 2 aromatic heterocycles. The van der Waals surface area contributed by atoms with Crippen molar-refractivity contribution in [2.45, 2.75) is 124 Å². The Balaban J connectivity index is 0.000000164. The number of benzene rings is 16. The molecule has 0 saturated carbocycles. The first-order chi connectivity index (χ1) is 49.3. The molecule has 2 nitrogen and oxygen atoms in total. The Morgan fingerprint density at radius 2 is 0.490 bits per heavy atom. The van der Waals surface area contributed by atoms with Crippen LogP contribution < -0.4 is 0 Å². The van der Waals surface area contributed by atoms with E-state index < -0.39 is 0 Å². The van der Waals surface area contributed by atoms with Crippen molar-refractivity contribution < 1.29 is 8.83 Å². The maximum atomic E-state index is 6.52. The van der Waals surface area contributed by atoms with E-state index in [-0.39, 0.29) is 0 Å². The molecular weight excluding hydrogens is 1210 g/mol. The third-order valence-corrected chi connectivity index (χ3v) is 18.3. The highest BCUT2D eigenvalue weighted by molar-refractivity contribution is 6.18. The van der Waals surface area contributed by atoms with Crippen molar-refractivity contribution in [1.29, 1.82) is 0 Å². The molecule has 16 aromatic carbocycles. The van der Waals surface area contributed by atoms with E-state index in [9.17, 15) is 0 Å². The zero-order chi connectivity index (χ0) is 71.2. The SMILES string of the molecule is CC.CC.CC.CC.CC.CC.Cc1c2ccccc2c(Cc2cccc3oc4c5ccccc5cc(C)c4c23)c2ccccc12.Cc1c2ccccc2c(Cc2cccc3oc4cc5ccccc5c(C)c4c23)c2ccccc12.c1ccc2ccccc2c1.c1ccc2ccccc2c1. The number of aryl methyl sites for hydroxylation is 4.